The number of nitriles is 1. The van der Waals surface area contributed by atoms with Crippen LogP contribution in [0.2, 0.25) is 0 Å². The monoisotopic (exact) mass is 456 g/mol. The Morgan fingerprint density at radius 2 is 1.84 bits per heavy atom. The van der Waals surface area contributed by atoms with Crippen LogP contribution in [0.1, 0.15) is 54.9 Å². The molecule has 2 unspecified atom stereocenters. The van der Waals surface area contributed by atoms with Gasteiger partial charge in [-0.1, -0.05) is 12.8 Å². The molecule has 8 nitrogen and oxygen atoms in total. The molecule has 2 fully saturated rings. The zero-order chi connectivity index (χ0) is 23.2. The van der Waals surface area contributed by atoms with Crippen molar-refractivity contribution >= 4 is 8.53 Å². The normalized spacial score (nSPS) is 29.2. The lowest BCUT2D eigenvalue weighted by atomic mass is 9.97. The van der Waals surface area contributed by atoms with Gasteiger partial charge in [-0.05, 0) is 41.5 Å². The maximum atomic E-state index is 8.88. The SMILES string of the molecule is C#CCO[C@H](COP(OCCC#N)N(C(C)C)C(C)C)C1O[C@@H]2OC(C)(C)O[C@@H]2[C@@H]1C. The number of hydrogen-bond donors (Lipinski definition) is 0. The second kappa shape index (κ2) is 11.9. The number of rotatable bonds is 12. The van der Waals surface area contributed by atoms with Crippen molar-refractivity contribution in [3.63, 3.8) is 0 Å². The summed E-state index contributed by atoms with van der Waals surface area (Å²) in [5.41, 5.74) is 0. The molecular formula is C22H37N2O6P. The number of nitrogens with zero attached hydrogens (tertiary/aromatic N) is 2. The fraction of sp³-hybridized carbons (Fsp3) is 0.864. The van der Waals surface area contributed by atoms with Crippen LogP contribution in [0.25, 0.3) is 0 Å². The molecule has 6 atom stereocenters. The second-order valence-corrected chi connectivity index (χ2v) is 10.3. The Morgan fingerprint density at radius 3 is 2.39 bits per heavy atom. The third-order valence-corrected chi connectivity index (χ3v) is 7.25. The molecule has 0 radical (unpaired) electrons. The highest BCUT2D eigenvalue weighted by atomic mass is 31.2. The van der Waals surface area contributed by atoms with Crippen molar-refractivity contribution in [1.82, 2.24) is 4.67 Å². The van der Waals surface area contributed by atoms with E-state index in [0.717, 1.165) is 0 Å². The molecule has 2 heterocycles. The lowest BCUT2D eigenvalue weighted by Gasteiger charge is -2.37. The summed E-state index contributed by atoms with van der Waals surface area (Å²) in [6.07, 6.45) is 4.43. The molecule has 0 aliphatic carbocycles. The van der Waals surface area contributed by atoms with E-state index < -0.39 is 26.7 Å². The van der Waals surface area contributed by atoms with Crippen molar-refractivity contribution in [2.24, 2.45) is 5.92 Å². The summed E-state index contributed by atoms with van der Waals surface area (Å²) in [6.45, 7) is 14.9. The minimum absolute atomic E-state index is 0.0372. The van der Waals surface area contributed by atoms with Gasteiger partial charge in [0.2, 0.25) is 0 Å². The van der Waals surface area contributed by atoms with Crippen LogP contribution in [0.5, 0.6) is 0 Å². The first-order valence-electron chi connectivity index (χ1n) is 10.9. The van der Waals surface area contributed by atoms with Crippen LogP contribution >= 0.6 is 8.53 Å². The molecule has 2 saturated heterocycles. The molecule has 31 heavy (non-hydrogen) atoms. The molecule has 0 aromatic heterocycles. The fourth-order valence-corrected chi connectivity index (χ4v) is 5.57. The van der Waals surface area contributed by atoms with Crippen LogP contribution in [0.3, 0.4) is 0 Å². The van der Waals surface area contributed by atoms with Gasteiger partial charge in [0.15, 0.2) is 12.1 Å². The molecule has 0 saturated carbocycles. The highest BCUT2D eigenvalue weighted by molar-refractivity contribution is 7.44. The van der Waals surface area contributed by atoms with E-state index in [-0.39, 0.29) is 43.4 Å². The van der Waals surface area contributed by atoms with E-state index in [1.165, 1.54) is 0 Å². The molecule has 2 aliphatic rings. The van der Waals surface area contributed by atoms with Gasteiger partial charge in [-0.25, -0.2) is 4.67 Å². The number of ether oxygens (including phenoxy) is 4. The van der Waals surface area contributed by atoms with Gasteiger partial charge < -0.3 is 28.0 Å². The Hall–Kier alpha value is -0.800. The zero-order valence-electron chi connectivity index (χ0n) is 19.7. The van der Waals surface area contributed by atoms with Crippen molar-refractivity contribution in [3.05, 3.63) is 0 Å². The molecule has 0 spiro atoms. The van der Waals surface area contributed by atoms with E-state index >= 15 is 0 Å². The highest BCUT2D eigenvalue weighted by Gasteiger charge is 2.55. The third-order valence-electron chi connectivity index (χ3n) is 5.17. The quantitative estimate of drug-likeness (QED) is 0.249. The first-order chi connectivity index (χ1) is 14.6. The minimum Gasteiger partial charge on any atom is -0.360 e. The summed E-state index contributed by atoms with van der Waals surface area (Å²) >= 11 is 0. The summed E-state index contributed by atoms with van der Waals surface area (Å²) in [5, 5.41) is 8.88. The van der Waals surface area contributed by atoms with Crippen LogP contribution in [0.15, 0.2) is 0 Å². The lowest BCUT2D eigenvalue weighted by molar-refractivity contribution is -0.223. The Morgan fingerprint density at radius 1 is 1.16 bits per heavy atom. The van der Waals surface area contributed by atoms with E-state index in [1.807, 2.05) is 13.8 Å². The van der Waals surface area contributed by atoms with Gasteiger partial charge in [-0.2, -0.15) is 5.26 Å². The fourth-order valence-electron chi connectivity index (χ4n) is 3.95. The highest BCUT2D eigenvalue weighted by Crippen LogP contribution is 2.47. The first-order valence-corrected chi connectivity index (χ1v) is 12.0. The van der Waals surface area contributed by atoms with Crippen molar-refractivity contribution in [1.29, 1.82) is 5.26 Å². The zero-order valence-corrected chi connectivity index (χ0v) is 20.6. The number of hydrogen-bond acceptors (Lipinski definition) is 8. The lowest BCUT2D eigenvalue weighted by Crippen LogP contribution is -2.41. The molecule has 0 aromatic carbocycles. The van der Waals surface area contributed by atoms with Crippen molar-refractivity contribution < 1.29 is 28.0 Å². The summed E-state index contributed by atoms with van der Waals surface area (Å²) in [6, 6.07) is 2.53. The second-order valence-electron chi connectivity index (χ2n) is 8.82. The standard InChI is InChI=1S/C22H37N2O6P/c1-9-12-25-18(19-17(6)20-21(28-19)30-22(7,8)29-20)14-27-31(26-13-10-11-23)24(15(2)3)16(4)5/h1,15-21H,10,12-14H2,2-8H3/t17-,18-,19?,20-,21-,31?/m1/s1. The van der Waals surface area contributed by atoms with E-state index in [2.05, 4.69) is 51.3 Å². The van der Waals surface area contributed by atoms with Gasteiger partial charge in [0, 0.05) is 18.0 Å². The number of terminal acetylenes is 1. The molecule has 0 amide bonds. The predicted octanol–water partition coefficient (Wildman–Crippen LogP) is 3.81. The van der Waals surface area contributed by atoms with Crippen molar-refractivity contribution in [2.45, 2.75) is 97.4 Å². The third kappa shape index (κ3) is 7.09. The number of fused-ring (bicyclic) bond motifs is 1. The summed E-state index contributed by atoms with van der Waals surface area (Å²) in [4.78, 5) is 0. The van der Waals surface area contributed by atoms with E-state index in [0.29, 0.717) is 13.0 Å². The minimum atomic E-state index is -1.39. The molecular weight excluding hydrogens is 419 g/mol. The van der Waals surface area contributed by atoms with Gasteiger partial charge in [-0.15, -0.1) is 6.42 Å². The van der Waals surface area contributed by atoms with Crippen molar-refractivity contribution in [3.8, 4) is 18.4 Å². The average Bonchev–Trinajstić information content (AvgIpc) is 3.13. The van der Waals surface area contributed by atoms with Crippen LogP contribution < -0.4 is 0 Å². The van der Waals surface area contributed by atoms with Gasteiger partial charge in [0.1, 0.15) is 18.8 Å². The Kier molecular flexibility index (Phi) is 10.1. The smallest absolute Gasteiger partial charge is 0.259 e. The molecule has 0 aromatic rings. The van der Waals surface area contributed by atoms with Gasteiger partial charge in [0.05, 0.1) is 31.8 Å². The van der Waals surface area contributed by atoms with E-state index in [1.54, 1.807) is 0 Å². The maximum Gasteiger partial charge on any atom is 0.259 e. The van der Waals surface area contributed by atoms with Crippen LogP contribution in [-0.4, -0.2) is 67.0 Å². The summed E-state index contributed by atoms with van der Waals surface area (Å²) < 4.78 is 38.4. The molecule has 2 aliphatic heterocycles. The van der Waals surface area contributed by atoms with Gasteiger partial charge >= 0.3 is 0 Å². The van der Waals surface area contributed by atoms with E-state index in [4.69, 9.17) is 39.7 Å². The molecule has 9 heteroatoms. The first kappa shape index (κ1) is 26.5. The Balaban J connectivity index is 2.09. The Labute approximate surface area is 188 Å². The summed E-state index contributed by atoms with van der Waals surface area (Å²) in [5.74, 6) is 1.89. The van der Waals surface area contributed by atoms with Crippen LogP contribution in [0, 0.1) is 29.6 Å². The molecule has 0 bridgehead atoms. The molecule has 0 N–H and O–H groups in total. The van der Waals surface area contributed by atoms with E-state index in [9.17, 15) is 0 Å². The largest absolute Gasteiger partial charge is 0.360 e. The average molecular weight is 457 g/mol. The summed E-state index contributed by atoms with van der Waals surface area (Å²) in [7, 11) is -1.39. The predicted molar refractivity (Wildman–Crippen MR) is 118 cm³/mol. The topological polar surface area (TPSA) is 82.4 Å². The maximum absolute atomic E-state index is 8.88. The van der Waals surface area contributed by atoms with Crippen LogP contribution in [-0.2, 0) is 28.0 Å². The molecule has 2 rings (SSSR count). The Bertz CT molecular complexity index is 639. The van der Waals surface area contributed by atoms with Crippen molar-refractivity contribution in [2.75, 3.05) is 19.8 Å². The van der Waals surface area contributed by atoms with Crippen LogP contribution in [0.4, 0.5) is 0 Å². The molecule has 176 valence electrons. The van der Waals surface area contributed by atoms with Gasteiger partial charge in [-0.3, -0.25) is 0 Å². The van der Waals surface area contributed by atoms with Gasteiger partial charge in [0.25, 0.3) is 8.53 Å².